The van der Waals surface area contributed by atoms with Gasteiger partial charge >= 0.3 is 12.6 Å². The van der Waals surface area contributed by atoms with Crippen LogP contribution < -0.4 is 0 Å². The molecule has 0 heterocycles. The molecule has 0 unspecified atom stereocenters. The maximum atomic E-state index is 4.42. The van der Waals surface area contributed by atoms with Gasteiger partial charge in [-0.1, -0.05) is 0 Å². The molecule has 0 atom stereocenters. The van der Waals surface area contributed by atoms with E-state index in [1.165, 1.54) is 12.6 Å². The Morgan fingerprint density at radius 3 is 1.60 bits per heavy atom. The zero-order valence-electron chi connectivity index (χ0n) is 2.32. The lowest BCUT2D eigenvalue weighted by Crippen LogP contribution is -1.86. The van der Waals surface area contributed by atoms with Crippen molar-refractivity contribution in [1.82, 2.24) is 0 Å². The molecule has 0 bridgehead atoms. The van der Waals surface area contributed by atoms with Crippen molar-refractivity contribution in [2.45, 2.75) is 0 Å². The minimum Gasteiger partial charge on any atom is -0.487 e. The quantitative estimate of drug-likeness (QED) is 0.597. The molecule has 5 heavy (non-hydrogen) atoms. The molecule has 0 aliphatic heterocycles. The van der Waals surface area contributed by atoms with Crippen LogP contribution in [-0.2, 0) is 4.57 Å². The molecule has 1 nitrogen and oxygen atoms in total. The molecule has 0 aromatic heterocycles. The molecule has 5 heteroatoms. The van der Waals surface area contributed by atoms with E-state index in [0.29, 0.717) is 0 Å². The van der Waals surface area contributed by atoms with E-state index in [2.05, 4.69) is 36.1 Å². The predicted octanol–water partition coefficient (Wildman–Crippen LogP) is 0.861. The van der Waals surface area contributed by atoms with E-state index in [0.717, 1.165) is 0 Å². The smallest absolute Gasteiger partial charge is 0.365 e. The lowest BCUT2D eigenvalue weighted by molar-refractivity contribution is 0.681. The van der Waals surface area contributed by atoms with Crippen LogP contribution in [0.3, 0.4) is 0 Å². The zero-order chi connectivity index (χ0) is 4.12. The molecule has 0 saturated carbocycles. The van der Waals surface area contributed by atoms with E-state index < -0.39 is 0 Å². The average molecular weight is 197 g/mol. The summed E-state index contributed by atoms with van der Waals surface area (Å²) < 4.78 is 4.42. The van der Waals surface area contributed by atoms with Crippen LogP contribution in [0, 0.1) is 0 Å². The number of hydrogen-bond acceptors (Lipinski definition) is 1. The van der Waals surface area contributed by atoms with Gasteiger partial charge in [0.05, 0.1) is 0 Å². The summed E-state index contributed by atoms with van der Waals surface area (Å²) in [4.78, 5) is 0. The van der Waals surface area contributed by atoms with Gasteiger partial charge in [0.15, 0.2) is 0 Å². The summed E-state index contributed by atoms with van der Waals surface area (Å²) in [5.41, 5.74) is 0. The Morgan fingerprint density at radius 2 is 1.60 bits per heavy atom. The molecule has 0 aliphatic rings. The molecule has 26 valence electrons. The summed E-state index contributed by atoms with van der Waals surface area (Å²) in [5.74, 6) is 0. The van der Waals surface area contributed by atoms with Crippen LogP contribution in [0.25, 0.3) is 0 Å². The molecule has 0 amide bonds. The van der Waals surface area contributed by atoms with Gasteiger partial charge in [0.2, 0.25) is 0 Å². The standard InChI is InChI=1S/B2Br2O/c3-1-5-2-4. The van der Waals surface area contributed by atoms with Gasteiger partial charge in [-0.2, -0.15) is 0 Å². The van der Waals surface area contributed by atoms with E-state index in [4.69, 9.17) is 0 Å². The molecular weight excluding hydrogens is 197 g/mol. The Hall–Kier alpha value is 1.05. The summed E-state index contributed by atoms with van der Waals surface area (Å²) >= 11 is 5.80. The van der Waals surface area contributed by atoms with Crippen LogP contribution in [-0.4, -0.2) is 12.6 Å². The Kier molecular flexibility index (Phi) is 6.11. The maximum Gasteiger partial charge on any atom is 0.365 e. The van der Waals surface area contributed by atoms with Gasteiger partial charge in [-0.25, -0.2) is 0 Å². The molecule has 0 rings (SSSR count). The van der Waals surface area contributed by atoms with Crippen molar-refractivity contribution in [2.75, 3.05) is 0 Å². The second-order valence-electron chi connectivity index (χ2n) is 0.314. The minimum atomic E-state index is 1.39. The molecular formula is B2Br2O. The fraction of sp³-hybridized carbons (Fsp3) is 0. The summed E-state index contributed by atoms with van der Waals surface area (Å²) in [5, 5.41) is 0. The summed E-state index contributed by atoms with van der Waals surface area (Å²) in [7, 11) is 0. The highest BCUT2D eigenvalue weighted by Crippen LogP contribution is 1.78. The lowest BCUT2D eigenvalue weighted by Gasteiger charge is -1.78. The Balaban J connectivity index is 2.19. The Morgan fingerprint density at radius 1 is 1.20 bits per heavy atom. The van der Waals surface area contributed by atoms with E-state index in [-0.39, 0.29) is 0 Å². The van der Waals surface area contributed by atoms with Crippen LogP contribution >= 0.6 is 31.5 Å². The number of rotatable bonds is 2. The fourth-order valence-corrected chi connectivity index (χ4v) is 0.525. The van der Waals surface area contributed by atoms with Gasteiger partial charge in [-0.05, 0) is 0 Å². The maximum absolute atomic E-state index is 4.42. The molecule has 0 saturated heterocycles. The van der Waals surface area contributed by atoms with Gasteiger partial charge in [0.1, 0.15) is 0 Å². The Labute approximate surface area is 49.0 Å². The van der Waals surface area contributed by atoms with Gasteiger partial charge in [-0.3, -0.25) is 0 Å². The molecule has 0 aromatic carbocycles. The van der Waals surface area contributed by atoms with Crippen LogP contribution in [0.15, 0.2) is 0 Å². The van der Waals surface area contributed by atoms with Gasteiger partial charge in [-0.15, -0.1) is 31.5 Å². The molecule has 0 N–H and O–H groups in total. The van der Waals surface area contributed by atoms with Crippen LogP contribution in [0.2, 0.25) is 0 Å². The highest BCUT2D eigenvalue weighted by Gasteiger charge is 1.78. The van der Waals surface area contributed by atoms with Crippen molar-refractivity contribution in [2.24, 2.45) is 0 Å². The van der Waals surface area contributed by atoms with E-state index in [9.17, 15) is 0 Å². The van der Waals surface area contributed by atoms with Crippen molar-refractivity contribution < 1.29 is 4.57 Å². The van der Waals surface area contributed by atoms with Gasteiger partial charge in [0, 0.05) is 0 Å². The first-order valence-corrected chi connectivity index (χ1v) is 2.74. The highest BCUT2D eigenvalue weighted by molar-refractivity contribution is 9.24. The summed E-state index contributed by atoms with van der Waals surface area (Å²) in [6, 6.07) is 0. The van der Waals surface area contributed by atoms with Gasteiger partial charge < -0.3 is 4.57 Å². The van der Waals surface area contributed by atoms with E-state index >= 15 is 0 Å². The highest BCUT2D eigenvalue weighted by atomic mass is 79.9. The van der Waals surface area contributed by atoms with Crippen LogP contribution in [0.4, 0.5) is 0 Å². The molecule has 0 aromatic rings. The number of hydrogen-bond donors (Lipinski definition) is 0. The molecule has 0 fully saturated rings. The lowest BCUT2D eigenvalue weighted by atomic mass is 10.4. The van der Waals surface area contributed by atoms with Crippen molar-refractivity contribution in [3.63, 3.8) is 0 Å². The van der Waals surface area contributed by atoms with Crippen molar-refractivity contribution in [3.05, 3.63) is 0 Å². The largest absolute Gasteiger partial charge is 0.487 e. The first kappa shape index (κ1) is 6.05. The molecule has 0 spiro atoms. The number of halogens is 2. The summed E-state index contributed by atoms with van der Waals surface area (Å²) in [6.45, 7) is 0. The van der Waals surface area contributed by atoms with Gasteiger partial charge in [0.25, 0.3) is 0 Å². The SMILES string of the molecule is Br[B]O[B]Br. The van der Waals surface area contributed by atoms with Crippen LogP contribution in [0.1, 0.15) is 0 Å². The average Bonchev–Trinajstić information content (AvgIpc) is 1.41. The van der Waals surface area contributed by atoms with E-state index in [1.54, 1.807) is 0 Å². The second kappa shape index (κ2) is 5.05. The third-order valence-electron chi connectivity index (χ3n) is 0.103. The minimum absolute atomic E-state index is 1.39. The zero-order valence-corrected chi connectivity index (χ0v) is 5.49. The summed E-state index contributed by atoms with van der Waals surface area (Å²) in [6.07, 6.45) is 2.78. The fourth-order valence-electron chi connectivity index (χ4n) is 0.0194. The monoisotopic (exact) mass is 196 g/mol. The first-order valence-electron chi connectivity index (χ1n) is 0.908. The third kappa shape index (κ3) is 5.05. The third-order valence-corrected chi connectivity index (χ3v) is 0.535. The second-order valence-corrected chi connectivity index (χ2v) is 1.06. The van der Waals surface area contributed by atoms with Crippen molar-refractivity contribution >= 4 is 44.1 Å². The molecule has 0 aliphatic carbocycles. The van der Waals surface area contributed by atoms with Crippen LogP contribution in [0.5, 0.6) is 0 Å². The normalized spacial score (nSPS) is 6.80. The predicted molar refractivity (Wildman–Crippen MR) is 30.4 cm³/mol. The van der Waals surface area contributed by atoms with E-state index in [1.807, 2.05) is 0 Å². The van der Waals surface area contributed by atoms with Crippen molar-refractivity contribution in [1.29, 1.82) is 0 Å². The van der Waals surface area contributed by atoms with Crippen molar-refractivity contribution in [3.8, 4) is 0 Å². The first-order chi connectivity index (χ1) is 2.41. The molecule has 2 radical (unpaired) electrons. The Bertz CT molecular complexity index is 15.1. The topological polar surface area (TPSA) is 9.23 Å².